The summed E-state index contributed by atoms with van der Waals surface area (Å²) in [5.74, 6) is 1.21. The highest BCUT2D eigenvalue weighted by Crippen LogP contribution is 2.31. The second-order valence-electron chi connectivity index (χ2n) is 5.73. The number of rotatable bonds is 6. The Kier molecular flexibility index (Phi) is 6.69. The highest BCUT2D eigenvalue weighted by molar-refractivity contribution is 5.76. The average molecular weight is 255 g/mol. The molecule has 0 aromatic heterocycles. The van der Waals surface area contributed by atoms with Gasteiger partial charge in [-0.05, 0) is 44.9 Å². The summed E-state index contributed by atoms with van der Waals surface area (Å²) in [6.45, 7) is 8.93. The first-order chi connectivity index (χ1) is 8.58. The number of esters is 1. The fourth-order valence-corrected chi connectivity index (χ4v) is 2.67. The van der Waals surface area contributed by atoms with Crippen molar-refractivity contribution in [1.29, 1.82) is 0 Å². The van der Waals surface area contributed by atoms with Gasteiger partial charge in [-0.3, -0.25) is 4.79 Å². The summed E-state index contributed by atoms with van der Waals surface area (Å²) in [7, 11) is 0. The van der Waals surface area contributed by atoms with Crippen molar-refractivity contribution >= 4 is 5.97 Å². The Morgan fingerprint density at radius 3 is 2.39 bits per heavy atom. The molecule has 2 unspecified atom stereocenters. The molecule has 3 heteroatoms. The molecule has 0 saturated heterocycles. The van der Waals surface area contributed by atoms with E-state index in [9.17, 15) is 4.79 Å². The molecule has 0 heterocycles. The van der Waals surface area contributed by atoms with Gasteiger partial charge < -0.3 is 10.1 Å². The van der Waals surface area contributed by atoms with Crippen molar-refractivity contribution in [3.63, 3.8) is 0 Å². The number of ether oxygens (including phenoxy) is 1. The third-order valence-electron chi connectivity index (χ3n) is 4.15. The van der Waals surface area contributed by atoms with Crippen LogP contribution in [0.5, 0.6) is 0 Å². The molecular formula is C15H29NO2. The first-order valence-corrected chi connectivity index (χ1v) is 7.51. The van der Waals surface area contributed by atoms with E-state index in [1.165, 1.54) is 12.8 Å². The van der Waals surface area contributed by atoms with Crippen molar-refractivity contribution in [2.45, 2.75) is 71.9 Å². The van der Waals surface area contributed by atoms with Crippen LogP contribution < -0.4 is 5.32 Å². The zero-order valence-corrected chi connectivity index (χ0v) is 12.4. The molecule has 18 heavy (non-hydrogen) atoms. The van der Waals surface area contributed by atoms with E-state index in [0.29, 0.717) is 18.6 Å². The molecule has 1 rings (SSSR count). The molecule has 0 aliphatic heterocycles. The lowest BCUT2D eigenvalue weighted by Crippen LogP contribution is -2.48. The molecule has 0 amide bonds. The fourth-order valence-electron chi connectivity index (χ4n) is 2.67. The molecule has 0 bridgehead atoms. The minimum Gasteiger partial charge on any atom is -0.465 e. The van der Waals surface area contributed by atoms with E-state index in [-0.39, 0.29) is 12.0 Å². The third kappa shape index (κ3) is 4.60. The minimum absolute atomic E-state index is 0.0580. The SMILES string of the molecule is CCOC(=O)C(NC(C)CC)C1CCC(C)CC1. The number of hydrogen-bond acceptors (Lipinski definition) is 3. The molecule has 0 aromatic rings. The lowest BCUT2D eigenvalue weighted by molar-refractivity contribution is -0.148. The Hall–Kier alpha value is -0.570. The predicted octanol–water partition coefficient (Wildman–Crippen LogP) is 3.13. The molecule has 1 N–H and O–H groups in total. The second kappa shape index (κ2) is 7.78. The van der Waals surface area contributed by atoms with Gasteiger partial charge in [-0.15, -0.1) is 0 Å². The van der Waals surface area contributed by atoms with Crippen LogP contribution in [0.3, 0.4) is 0 Å². The van der Waals surface area contributed by atoms with E-state index < -0.39 is 0 Å². The number of hydrogen-bond donors (Lipinski definition) is 1. The van der Waals surface area contributed by atoms with Crippen molar-refractivity contribution in [2.75, 3.05) is 6.61 Å². The summed E-state index contributed by atoms with van der Waals surface area (Å²) in [4.78, 5) is 12.1. The maximum absolute atomic E-state index is 12.1. The largest absolute Gasteiger partial charge is 0.465 e. The standard InChI is InChI=1S/C15H29NO2/c1-5-12(4)16-14(15(17)18-6-2)13-9-7-11(3)8-10-13/h11-14,16H,5-10H2,1-4H3. The molecule has 3 nitrogen and oxygen atoms in total. The predicted molar refractivity (Wildman–Crippen MR) is 74.4 cm³/mol. The molecule has 0 aromatic carbocycles. The number of carbonyl (C=O) groups excluding carboxylic acids is 1. The van der Waals surface area contributed by atoms with Crippen LogP contribution in [-0.2, 0) is 9.53 Å². The van der Waals surface area contributed by atoms with Gasteiger partial charge in [0, 0.05) is 6.04 Å². The molecule has 1 aliphatic carbocycles. The van der Waals surface area contributed by atoms with Gasteiger partial charge in [0.05, 0.1) is 6.61 Å². The van der Waals surface area contributed by atoms with E-state index in [0.717, 1.165) is 25.2 Å². The van der Waals surface area contributed by atoms with Gasteiger partial charge in [-0.1, -0.05) is 26.7 Å². The smallest absolute Gasteiger partial charge is 0.323 e. The molecule has 0 radical (unpaired) electrons. The van der Waals surface area contributed by atoms with Crippen molar-refractivity contribution in [2.24, 2.45) is 11.8 Å². The molecular weight excluding hydrogens is 226 g/mol. The summed E-state index contributed by atoms with van der Waals surface area (Å²) in [6, 6.07) is 0.270. The molecule has 0 spiro atoms. The molecule has 106 valence electrons. The van der Waals surface area contributed by atoms with E-state index >= 15 is 0 Å². The molecule has 1 aliphatic rings. The van der Waals surface area contributed by atoms with Crippen LogP contribution in [0.1, 0.15) is 59.8 Å². The number of nitrogens with one attached hydrogen (secondary N) is 1. The Balaban J connectivity index is 2.61. The van der Waals surface area contributed by atoms with Crippen LogP contribution in [0.2, 0.25) is 0 Å². The monoisotopic (exact) mass is 255 g/mol. The van der Waals surface area contributed by atoms with Gasteiger partial charge in [0.15, 0.2) is 0 Å². The van der Waals surface area contributed by atoms with Crippen LogP contribution in [0.4, 0.5) is 0 Å². The van der Waals surface area contributed by atoms with E-state index in [4.69, 9.17) is 4.74 Å². The summed E-state index contributed by atoms with van der Waals surface area (Å²) in [6.07, 6.45) is 5.81. The zero-order chi connectivity index (χ0) is 13.5. The number of carbonyl (C=O) groups is 1. The lowest BCUT2D eigenvalue weighted by atomic mass is 9.79. The summed E-state index contributed by atoms with van der Waals surface area (Å²) in [5.41, 5.74) is 0. The van der Waals surface area contributed by atoms with Crippen LogP contribution >= 0.6 is 0 Å². The minimum atomic E-state index is -0.104. The summed E-state index contributed by atoms with van der Waals surface area (Å²) < 4.78 is 5.23. The van der Waals surface area contributed by atoms with Gasteiger partial charge in [-0.2, -0.15) is 0 Å². The van der Waals surface area contributed by atoms with Crippen molar-refractivity contribution in [3.8, 4) is 0 Å². The Morgan fingerprint density at radius 1 is 1.28 bits per heavy atom. The van der Waals surface area contributed by atoms with Crippen molar-refractivity contribution in [1.82, 2.24) is 5.32 Å². The lowest BCUT2D eigenvalue weighted by Gasteiger charge is -2.33. The Labute approximate surface area is 112 Å². The maximum atomic E-state index is 12.1. The van der Waals surface area contributed by atoms with Crippen LogP contribution in [-0.4, -0.2) is 24.7 Å². The highest BCUT2D eigenvalue weighted by Gasteiger charge is 2.32. The quantitative estimate of drug-likeness (QED) is 0.741. The average Bonchev–Trinajstić information content (AvgIpc) is 2.37. The van der Waals surface area contributed by atoms with E-state index in [1.54, 1.807) is 0 Å². The normalized spacial score (nSPS) is 27.6. The highest BCUT2D eigenvalue weighted by atomic mass is 16.5. The molecule has 1 fully saturated rings. The van der Waals surface area contributed by atoms with Gasteiger partial charge in [0.25, 0.3) is 0 Å². The second-order valence-corrected chi connectivity index (χ2v) is 5.73. The Bertz CT molecular complexity index is 247. The van der Waals surface area contributed by atoms with Crippen LogP contribution in [0, 0.1) is 11.8 Å². The first kappa shape index (κ1) is 15.5. The summed E-state index contributed by atoms with van der Waals surface area (Å²) >= 11 is 0. The van der Waals surface area contributed by atoms with Crippen LogP contribution in [0.15, 0.2) is 0 Å². The van der Waals surface area contributed by atoms with Crippen molar-refractivity contribution < 1.29 is 9.53 Å². The van der Waals surface area contributed by atoms with Crippen LogP contribution in [0.25, 0.3) is 0 Å². The molecule has 1 saturated carbocycles. The zero-order valence-electron chi connectivity index (χ0n) is 12.4. The first-order valence-electron chi connectivity index (χ1n) is 7.51. The van der Waals surface area contributed by atoms with Gasteiger partial charge >= 0.3 is 5.97 Å². The van der Waals surface area contributed by atoms with Crippen molar-refractivity contribution in [3.05, 3.63) is 0 Å². The third-order valence-corrected chi connectivity index (χ3v) is 4.15. The maximum Gasteiger partial charge on any atom is 0.323 e. The topological polar surface area (TPSA) is 38.3 Å². The van der Waals surface area contributed by atoms with Gasteiger partial charge in [-0.25, -0.2) is 0 Å². The summed E-state index contributed by atoms with van der Waals surface area (Å²) in [5, 5.41) is 3.46. The van der Waals surface area contributed by atoms with Gasteiger partial charge in [0.2, 0.25) is 0 Å². The molecule has 2 atom stereocenters. The van der Waals surface area contributed by atoms with Gasteiger partial charge in [0.1, 0.15) is 6.04 Å². The fraction of sp³-hybridized carbons (Fsp3) is 0.933. The van der Waals surface area contributed by atoms with E-state index in [2.05, 4.69) is 26.1 Å². The van der Waals surface area contributed by atoms with E-state index in [1.807, 2.05) is 6.92 Å². The Morgan fingerprint density at radius 2 is 1.89 bits per heavy atom.